The van der Waals surface area contributed by atoms with E-state index < -0.39 is 0 Å². The van der Waals surface area contributed by atoms with Crippen molar-refractivity contribution < 1.29 is 4.79 Å². The van der Waals surface area contributed by atoms with Crippen LogP contribution in [0.25, 0.3) is 10.8 Å². The minimum atomic E-state index is -0.123. The van der Waals surface area contributed by atoms with E-state index in [2.05, 4.69) is 5.10 Å². The summed E-state index contributed by atoms with van der Waals surface area (Å²) in [6.45, 7) is 4.08. The minimum Gasteiger partial charge on any atom is -0.337 e. The number of aryl methyl sites for hydroxylation is 1. The van der Waals surface area contributed by atoms with Gasteiger partial charge in [0.05, 0.1) is 5.39 Å². The van der Waals surface area contributed by atoms with Crippen molar-refractivity contribution in [1.82, 2.24) is 14.7 Å². The molecule has 20 heavy (non-hydrogen) atoms. The van der Waals surface area contributed by atoms with Crippen molar-refractivity contribution in [3.05, 3.63) is 40.3 Å². The molecule has 1 amide bonds. The summed E-state index contributed by atoms with van der Waals surface area (Å²) in [5.41, 5.74) is 0.274. The van der Waals surface area contributed by atoms with E-state index in [9.17, 15) is 9.59 Å². The Balaban J connectivity index is 2.21. The highest BCUT2D eigenvalue weighted by molar-refractivity contribution is 6.04. The molecule has 2 aromatic rings. The second-order valence-corrected chi connectivity index (χ2v) is 5.07. The number of hydrogen-bond donors (Lipinski definition) is 0. The fourth-order valence-corrected chi connectivity index (χ4v) is 2.43. The topological polar surface area (TPSA) is 55.2 Å². The third-order valence-electron chi connectivity index (χ3n) is 3.65. The number of hydrogen-bond acceptors (Lipinski definition) is 3. The van der Waals surface area contributed by atoms with Crippen molar-refractivity contribution in [1.29, 1.82) is 0 Å². The van der Waals surface area contributed by atoms with Crippen LogP contribution in [-0.2, 0) is 6.54 Å². The first kappa shape index (κ1) is 12.8. The van der Waals surface area contributed by atoms with Crippen molar-refractivity contribution in [3.63, 3.8) is 0 Å². The molecule has 3 rings (SSSR count). The Kier molecular flexibility index (Phi) is 3.26. The van der Waals surface area contributed by atoms with Crippen LogP contribution in [0.5, 0.6) is 0 Å². The van der Waals surface area contributed by atoms with Gasteiger partial charge in [-0.05, 0) is 18.9 Å². The Labute approximate surface area is 116 Å². The average molecular weight is 271 g/mol. The molecule has 1 aromatic heterocycles. The van der Waals surface area contributed by atoms with Crippen molar-refractivity contribution in [3.8, 4) is 0 Å². The van der Waals surface area contributed by atoms with Gasteiger partial charge in [-0.2, -0.15) is 5.10 Å². The fraction of sp³-hybridized carbons (Fsp3) is 0.400. The van der Waals surface area contributed by atoms with Crippen molar-refractivity contribution in [2.75, 3.05) is 13.1 Å². The molecule has 0 atom stereocenters. The summed E-state index contributed by atoms with van der Waals surface area (Å²) in [4.78, 5) is 26.6. The van der Waals surface area contributed by atoms with E-state index >= 15 is 0 Å². The van der Waals surface area contributed by atoms with Gasteiger partial charge in [0.15, 0.2) is 5.69 Å². The number of carbonyl (C=O) groups excluding carboxylic acids is 1. The quantitative estimate of drug-likeness (QED) is 0.853. The molecule has 5 nitrogen and oxygen atoms in total. The van der Waals surface area contributed by atoms with E-state index in [1.54, 1.807) is 17.0 Å². The number of nitrogens with zero attached hydrogens (tertiary/aromatic N) is 3. The molecule has 0 N–H and O–H groups in total. The van der Waals surface area contributed by atoms with Crippen LogP contribution in [0.15, 0.2) is 29.1 Å². The summed E-state index contributed by atoms with van der Waals surface area (Å²) in [6.07, 6.45) is 1.85. The van der Waals surface area contributed by atoms with Gasteiger partial charge in [-0.3, -0.25) is 9.59 Å². The van der Waals surface area contributed by atoms with Crippen LogP contribution in [0.3, 0.4) is 0 Å². The Morgan fingerprint density at radius 3 is 2.55 bits per heavy atom. The predicted molar refractivity (Wildman–Crippen MR) is 76.8 cm³/mol. The number of fused-ring (bicyclic) bond motifs is 1. The lowest BCUT2D eigenvalue weighted by Gasteiger charge is -2.30. The zero-order chi connectivity index (χ0) is 14.1. The van der Waals surface area contributed by atoms with E-state index in [1.165, 1.54) is 4.68 Å². The summed E-state index contributed by atoms with van der Waals surface area (Å²) in [6, 6.07) is 7.21. The molecule has 1 aromatic carbocycles. The molecule has 2 heterocycles. The van der Waals surface area contributed by atoms with Gasteiger partial charge in [0.1, 0.15) is 0 Å². The molecule has 0 radical (unpaired) electrons. The Bertz CT molecular complexity index is 717. The number of carbonyl (C=O) groups is 1. The molecule has 0 bridgehead atoms. The van der Waals surface area contributed by atoms with Crippen LogP contribution in [-0.4, -0.2) is 33.7 Å². The van der Waals surface area contributed by atoms with Crippen LogP contribution in [0.2, 0.25) is 0 Å². The molecule has 0 spiro atoms. The Hall–Kier alpha value is -2.17. The summed E-state index contributed by atoms with van der Waals surface area (Å²) < 4.78 is 1.41. The number of aromatic nitrogens is 2. The number of likely N-dealkylation sites (tertiary alicyclic amines) is 1. The van der Waals surface area contributed by atoms with E-state index in [0.717, 1.165) is 25.9 Å². The first-order chi connectivity index (χ1) is 9.72. The lowest BCUT2D eigenvalue weighted by Crippen LogP contribution is -2.43. The maximum absolute atomic E-state index is 12.5. The standard InChI is InChI=1S/C15H17N3O2/c1-2-8-18-14(19)12-7-4-3-6-11(12)13(16-18)15(20)17-9-5-10-17/h3-4,6-7H,2,5,8-10H2,1H3. The maximum atomic E-state index is 12.5. The normalized spacial score (nSPS) is 14.3. The van der Waals surface area contributed by atoms with E-state index in [0.29, 0.717) is 23.0 Å². The smallest absolute Gasteiger partial charge is 0.274 e. The van der Waals surface area contributed by atoms with Crippen molar-refractivity contribution in [2.24, 2.45) is 0 Å². The molecule has 1 aliphatic rings. The molecule has 5 heteroatoms. The Morgan fingerprint density at radius 1 is 1.25 bits per heavy atom. The third-order valence-corrected chi connectivity index (χ3v) is 3.65. The molecular formula is C15H17N3O2. The van der Waals surface area contributed by atoms with E-state index in [4.69, 9.17) is 0 Å². The monoisotopic (exact) mass is 271 g/mol. The zero-order valence-corrected chi connectivity index (χ0v) is 11.5. The first-order valence-corrected chi connectivity index (χ1v) is 7.01. The van der Waals surface area contributed by atoms with Gasteiger partial charge < -0.3 is 4.90 Å². The number of amides is 1. The van der Waals surface area contributed by atoms with Gasteiger partial charge >= 0.3 is 0 Å². The van der Waals surface area contributed by atoms with Gasteiger partial charge in [-0.15, -0.1) is 0 Å². The molecule has 1 saturated heterocycles. The van der Waals surface area contributed by atoms with Crippen LogP contribution in [0, 0.1) is 0 Å². The van der Waals surface area contributed by atoms with Gasteiger partial charge in [0, 0.05) is 25.0 Å². The van der Waals surface area contributed by atoms with Gasteiger partial charge in [0.25, 0.3) is 11.5 Å². The highest BCUT2D eigenvalue weighted by atomic mass is 16.2. The average Bonchev–Trinajstić information content (AvgIpc) is 2.40. The molecule has 1 fully saturated rings. The highest BCUT2D eigenvalue weighted by Crippen LogP contribution is 2.18. The summed E-state index contributed by atoms with van der Waals surface area (Å²) >= 11 is 0. The molecule has 0 aliphatic carbocycles. The second kappa shape index (κ2) is 5.07. The van der Waals surface area contributed by atoms with Crippen LogP contribution in [0.1, 0.15) is 30.3 Å². The van der Waals surface area contributed by atoms with Gasteiger partial charge in [0.2, 0.25) is 0 Å². The summed E-state index contributed by atoms with van der Waals surface area (Å²) in [7, 11) is 0. The fourth-order valence-electron chi connectivity index (χ4n) is 2.43. The molecule has 0 saturated carbocycles. The predicted octanol–water partition coefficient (Wildman–Crippen LogP) is 1.65. The lowest BCUT2D eigenvalue weighted by atomic mass is 10.1. The number of rotatable bonds is 3. The molecule has 1 aliphatic heterocycles. The van der Waals surface area contributed by atoms with E-state index in [-0.39, 0.29) is 11.5 Å². The van der Waals surface area contributed by atoms with Crippen LogP contribution < -0.4 is 5.56 Å². The number of benzene rings is 1. The zero-order valence-electron chi connectivity index (χ0n) is 11.5. The van der Waals surface area contributed by atoms with Crippen molar-refractivity contribution >= 4 is 16.7 Å². The molecular weight excluding hydrogens is 254 g/mol. The van der Waals surface area contributed by atoms with Crippen LogP contribution >= 0.6 is 0 Å². The first-order valence-electron chi connectivity index (χ1n) is 7.01. The van der Waals surface area contributed by atoms with Gasteiger partial charge in [-0.25, -0.2) is 4.68 Å². The maximum Gasteiger partial charge on any atom is 0.274 e. The van der Waals surface area contributed by atoms with Crippen LogP contribution in [0.4, 0.5) is 0 Å². The molecule has 104 valence electrons. The SMILES string of the molecule is CCCn1nc(C(=O)N2CCC2)c2ccccc2c1=O. The van der Waals surface area contributed by atoms with E-state index in [1.807, 2.05) is 19.1 Å². The minimum absolute atomic E-state index is 0.0719. The van der Waals surface area contributed by atoms with Gasteiger partial charge in [-0.1, -0.05) is 25.1 Å². The summed E-state index contributed by atoms with van der Waals surface area (Å²) in [5.74, 6) is -0.0719. The lowest BCUT2D eigenvalue weighted by molar-refractivity contribution is 0.0645. The van der Waals surface area contributed by atoms with Crippen molar-refractivity contribution in [2.45, 2.75) is 26.3 Å². The second-order valence-electron chi connectivity index (χ2n) is 5.07. The Morgan fingerprint density at radius 2 is 1.95 bits per heavy atom. The highest BCUT2D eigenvalue weighted by Gasteiger charge is 2.25. The third kappa shape index (κ3) is 1.99. The summed E-state index contributed by atoms with van der Waals surface area (Å²) in [5, 5.41) is 5.53. The largest absolute Gasteiger partial charge is 0.337 e. The molecule has 0 unspecified atom stereocenters.